The monoisotopic (exact) mass is 314 g/mol. The van der Waals surface area contributed by atoms with Crippen molar-refractivity contribution in [3.05, 3.63) is 23.8 Å². The van der Waals surface area contributed by atoms with Crippen molar-refractivity contribution >= 4 is 18.3 Å². The smallest absolute Gasteiger partial charge is 0.239 e. The summed E-state index contributed by atoms with van der Waals surface area (Å²) in [6.07, 6.45) is 3.15. The van der Waals surface area contributed by atoms with Crippen LogP contribution in [0.25, 0.3) is 0 Å². The molecule has 0 saturated carbocycles. The van der Waals surface area contributed by atoms with Crippen LogP contribution in [0.4, 0.5) is 0 Å². The molecule has 1 aromatic rings. The van der Waals surface area contributed by atoms with Crippen molar-refractivity contribution in [2.24, 2.45) is 0 Å². The summed E-state index contributed by atoms with van der Waals surface area (Å²) < 4.78 is 5.08. The van der Waals surface area contributed by atoms with Crippen molar-refractivity contribution in [1.29, 1.82) is 0 Å². The van der Waals surface area contributed by atoms with Crippen molar-refractivity contribution in [3.63, 3.8) is 0 Å². The van der Waals surface area contributed by atoms with E-state index in [1.807, 2.05) is 0 Å². The molecule has 5 nitrogen and oxygen atoms in total. The summed E-state index contributed by atoms with van der Waals surface area (Å²) >= 11 is 0. The van der Waals surface area contributed by atoms with E-state index in [2.05, 4.69) is 5.32 Å². The molecule has 0 aromatic heterocycles. The number of carbonyl (C=O) groups is 1. The van der Waals surface area contributed by atoms with Crippen molar-refractivity contribution in [2.45, 2.75) is 31.8 Å². The zero-order valence-electron chi connectivity index (χ0n) is 12.5. The number of nitrogens with zero attached hydrogens (tertiary/aromatic N) is 1. The van der Waals surface area contributed by atoms with Gasteiger partial charge in [-0.2, -0.15) is 0 Å². The number of hydrogen-bond donors (Lipinski definition) is 2. The molecule has 6 heteroatoms. The Morgan fingerprint density at radius 1 is 1.48 bits per heavy atom. The highest BCUT2D eigenvalue weighted by Gasteiger charge is 2.23. The molecule has 1 aliphatic heterocycles. The van der Waals surface area contributed by atoms with Crippen molar-refractivity contribution in [2.75, 3.05) is 20.7 Å². The number of hydrogen-bond acceptors (Lipinski definition) is 4. The van der Waals surface area contributed by atoms with Crippen LogP contribution in [0.3, 0.4) is 0 Å². The summed E-state index contributed by atoms with van der Waals surface area (Å²) in [6, 6.07) is 5.09. The molecule has 0 unspecified atom stereocenters. The number of nitrogens with one attached hydrogen (secondary N) is 1. The Labute approximate surface area is 131 Å². The molecule has 0 spiro atoms. The third-order valence-electron chi connectivity index (χ3n) is 3.65. The van der Waals surface area contributed by atoms with Crippen LogP contribution in [0.2, 0.25) is 0 Å². The Hall–Kier alpha value is -1.46. The highest BCUT2D eigenvalue weighted by Crippen LogP contribution is 2.26. The van der Waals surface area contributed by atoms with E-state index in [1.54, 1.807) is 30.1 Å². The van der Waals surface area contributed by atoms with Crippen LogP contribution in [-0.2, 0) is 11.3 Å². The summed E-state index contributed by atoms with van der Waals surface area (Å²) in [7, 11) is 3.32. The van der Waals surface area contributed by atoms with Gasteiger partial charge in [-0.25, -0.2) is 0 Å². The Morgan fingerprint density at radius 3 is 2.86 bits per heavy atom. The molecule has 0 bridgehead atoms. The Balaban J connectivity index is 0.00000220. The number of carbonyl (C=O) groups excluding carboxylic acids is 1. The second-order valence-corrected chi connectivity index (χ2v) is 5.20. The van der Waals surface area contributed by atoms with Crippen molar-refractivity contribution < 1.29 is 14.6 Å². The van der Waals surface area contributed by atoms with Gasteiger partial charge in [-0.3, -0.25) is 4.79 Å². The van der Waals surface area contributed by atoms with Crippen molar-refractivity contribution in [1.82, 2.24) is 10.2 Å². The molecule has 0 aliphatic carbocycles. The minimum Gasteiger partial charge on any atom is -0.504 e. The second-order valence-electron chi connectivity index (χ2n) is 5.20. The van der Waals surface area contributed by atoms with Gasteiger partial charge in [0.15, 0.2) is 11.5 Å². The number of phenolic OH excluding ortho intramolecular Hbond substituents is 1. The largest absolute Gasteiger partial charge is 0.504 e. The number of ether oxygens (including phenoxy) is 1. The highest BCUT2D eigenvalue weighted by molar-refractivity contribution is 5.85. The maximum absolute atomic E-state index is 12.3. The van der Waals surface area contributed by atoms with E-state index in [-0.39, 0.29) is 30.1 Å². The number of rotatable bonds is 4. The van der Waals surface area contributed by atoms with Gasteiger partial charge < -0.3 is 20.1 Å². The molecular formula is C15H23ClN2O3. The molecule has 1 aromatic carbocycles. The molecule has 2 N–H and O–H groups in total. The molecular weight excluding hydrogens is 292 g/mol. The average Bonchev–Trinajstić information content (AvgIpc) is 2.49. The Morgan fingerprint density at radius 2 is 2.24 bits per heavy atom. The predicted molar refractivity (Wildman–Crippen MR) is 84.0 cm³/mol. The molecule has 2 rings (SSSR count). The van der Waals surface area contributed by atoms with Crippen LogP contribution < -0.4 is 10.1 Å². The fourth-order valence-corrected chi connectivity index (χ4v) is 2.50. The van der Waals surface area contributed by atoms with Crippen LogP contribution in [0.15, 0.2) is 18.2 Å². The van der Waals surface area contributed by atoms with Gasteiger partial charge in [0, 0.05) is 13.6 Å². The standard InChI is InChI=1S/C15H22N2O3.ClH/c1-17(15(19)12-5-3-4-8-16-12)10-11-6-7-13(18)14(9-11)20-2;/h6-7,9,12,16,18H,3-5,8,10H2,1-2H3;1H/t12-;/m1./s1. The maximum Gasteiger partial charge on any atom is 0.239 e. The van der Waals surface area contributed by atoms with Gasteiger partial charge in [0.1, 0.15) is 0 Å². The SMILES string of the molecule is COc1cc(CN(C)C(=O)[C@H]2CCCCN2)ccc1O.Cl. The van der Waals surface area contributed by atoms with Crippen molar-refractivity contribution in [3.8, 4) is 11.5 Å². The topological polar surface area (TPSA) is 61.8 Å². The number of halogens is 1. The molecule has 1 amide bonds. The first-order chi connectivity index (χ1) is 9.61. The maximum atomic E-state index is 12.3. The normalized spacial score (nSPS) is 17.7. The fourth-order valence-electron chi connectivity index (χ4n) is 2.50. The summed E-state index contributed by atoms with van der Waals surface area (Å²) in [4.78, 5) is 14.0. The van der Waals surface area contributed by atoms with Crippen LogP contribution in [0.1, 0.15) is 24.8 Å². The van der Waals surface area contributed by atoms with Crippen LogP contribution in [0.5, 0.6) is 11.5 Å². The number of aromatic hydroxyl groups is 1. The molecule has 1 saturated heterocycles. The zero-order chi connectivity index (χ0) is 14.5. The zero-order valence-corrected chi connectivity index (χ0v) is 13.3. The lowest BCUT2D eigenvalue weighted by Crippen LogP contribution is -2.46. The number of likely N-dealkylation sites (N-methyl/N-ethyl adjacent to an activating group) is 1. The number of methoxy groups -OCH3 is 1. The third-order valence-corrected chi connectivity index (χ3v) is 3.65. The van der Waals surface area contributed by atoms with Gasteiger partial charge in [0.05, 0.1) is 13.2 Å². The first kappa shape index (κ1) is 17.6. The van der Waals surface area contributed by atoms with Crippen LogP contribution in [-0.4, -0.2) is 42.7 Å². The lowest BCUT2D eigenvalue weighted by Gasteiger charge is -2.27. The molecule has 1 fully saturated rings. The van der Waals surface area contributed by atoms with E-state index in [0.717, 1.165) is 31.4 Å². The lowest BCUT2D eigenvalue weighted by molar-refractivity contribution is -0.133. The van der Waals surface area contributed by atoms with E-state index in [9.17, 15) is 9.90 Å². The van der Waals surface area contributed by atoms with Gasteiger partial charge in [-0.1, -0.05) is 12.5 Å². The van der Waals surface area contributed by atoms with E-state index in [0.29, 0.717) is 12.3 Å². The van der Waals surface area contributed by atoms with E-state index < -0.39 is 0 Å². The van der Waals surface area contributed by atoms with Gasteiger partial charge in [0.2, 0.25) is 5.91 Å². The number of piperidine rings is 1. The molecule has 1 heterocycles. The van der Waals surface area contributed by atoms with E-state index >= 15 is 0 Å². The molecule has 21 heavy (non-hydrogen) atoms. The van der Waals surface area contributed by atoms with Crippen LogP contribution >= 0.6 is 12.4 Å². The number of phenols is 1. The number of benzene rings is 1. The molecule has 0 radical (unpaired) electrons. The van der Waals surface area contributed by atoms with Crippen LogP contribution in [0, 0.1) is 0 Å². The first-order valence-electron chi connectivity index (χ1n) is 6.96. The highest BCUT2D eigenvalue weighted by atomic mass is 35.5. The average molecular weight is 315 g/mol. The Bertz CT molecular complexity index is 476. The second kappa shape index (κ2) is 8.10. The summed E-state index contributed by atoms with van der Waals surface area (Å²) in [6.45, 7) is 1.42. The van der Waals surface area contributed by atoms with Gasteiger partial charge in [0.25, 0.3) is 0 Å². The molecule has 1 atom stereocenters. The lowest BCUT2D eigenvalue weighted by atomic mass is 10.0. The van der Waals surface area contributed by atoms with Gasteiger partial charge >= 0.3 is 0 Å². The van der Waals surface area contributed by atoms with E-state index in [1.165, 1.54) is 7.11 Å². The third kappa shape index (κ3) is 4.51. The summed E-state index contributed by atoms with van der Waals surface area (Å²) in [5, 5.41) is 12.8. The number of amides is 1. The van der Waals surface area contributed by atoms with Gasteiger partial charge in [-0.05, 0) is 37.1 Å². The van der Waals surface area contributed by atoms with E-state index in [4.69, 9.17) is 4.74 Å². The first-order valence-corrected chi connectivity index (χ1v) is 6.96. The minimum atomic E-state index is -0.0623. The summed E-state index contributed by atoms with van der Waals surface area (Å²) in [5.74, 6) is 0.662. The quantitative estimate of drug-likeness (QED) is 0.891. The molecule has 1 aliphatic rings. The Kier molecular flexibility index (Phi) is 6.78. The minimum absolute atomic E-state index is 0. The molecule has 118 valence electrons. The predicted octanol–water partition coefficient (Wildman–Crippen LogP) is 1.92. The van der Waals surface area contributed by atoms with Gasteiger partial charge in [-0.15, -0.1) is 12.4 Å². The summed E-state index contributed by atoms with van der Waals surface area (Å²) in [5.41, 5.74) is 0.936. The fraction of sp³-hybridized carbons (Fsp3) is 0.533.